The highest BCUT2D eigenvalue weighted by Gasteiger charge is 2.18. The van der Waals surface area contributed by atoms with Crippen molar-refractivity contribution in [1.29, 1.82) is 0 Å². The number of benzene rings is 1. The van der Waals surface area contributed by atoms with Gasteiger partial charge < -0.3 is 9.72 Å². The molecular weight excluding hydrogens is 290 g/mol. The first kappa shape index (κ1) is 13.3. The molecular formula is C12H10ClNO2S2. The van der Waals surface area contributed by atoms with Gasteiger partial charge in [0, 0.05) is 10.6 Å². The molecule has 0 aliphatic rings. The Hall–Kier alpha value is -1.17. The van der Waals surface area contributed by atoms with Gasteiger partial charge in [-0.15, -0.1) is 11.3 Å². The predicted octanol–water partition coefficient (Wildman–Crippen LogP) is 4.30. The van der Waals surface area contributed by atoms with E-state index in [1.54, 1.807) is 13.0 Å². The largest absolute Gasteiger partial charge is 0.461 e. The number of carbonyl (C=O) groups is 1. The van der Waals surface area contributed by atoms with Crippen molar-refractivity contribution in [3.8, 4) is 10.4 Å². The van der Waals surface area contributed by atoms with Gasteiger partial charge in [-0.25, -0.2) is 4.79 Å². The summed E-state index contributed by atoms with van der Waals surface area (Å²) in [7, 11) is 0. The van der Waals surface area contributed by atoms with E-state index in [0.717, 1.165) is 5.56 Å². The summed E-state index contributed by atoms with van der Waals surface area (Å²) in [6.07, 6.45) is 0. The lowest BCUT2D eigenvalue weighted by atomic mass is 10.1. The van der Waals surface area contributed by atoms with E-state index in [0.29, 0.717) is 26.2 Å². The summed E-state index contributed by atoms with van der Waals surface area (Å²) in [6.45, 7) is 2.07. The standard InChI is InChI=1S/C12H10ClNO2S2/c1-2-16-11(15)9-10(18-12(17)14-9)7-5-3-4-6-8(7)13/h3-6H,2H2,1H3,(H,14,17). The van der Waals surface area contributed by atoms with Crippen LogP contribution in [0.3, 0.4) is 0 Å². The van der Waals surface area contributed by atoms with Crippen LogP contribution in [0.15, 0.2) is 24.3 Å². The Kier molecular flexibility index (Phi) is 4.16. The van der Waals surface area contributed by atoms with E-state index in [4.69, 9.17) is 28.6 Å². The highest BCUT2D eigenvalue weighted by Crippen LogP contribution is 2.34. The van der Waals surface area contributed by atoms with Gasteiger partial charge >= 0.3 is 5.97 Å². The minimum absolute atomic E-state index is 0.317. The maximum atomic E-state index is 11.8. The van der Waals surface area contributed by atoms with Crippen LogP contribution in [0.1, 0.15) is 17.4 Å². The highest BCUT2D eigenvalue weighted by atomic mass is 35.5. The van der Waals surface area contributed by atoms with Gasteiger partial charge in [0.15, 0.2) is 3.95 Å². The zero-order valence-corrected chi connectivity index (χ0v) is 11.9. The number of rotatable bonds is 3. The normalized spacial score (nSPS) is 10.3. The molecule has 0 amide bonds. The maximum Gasteiger partial charge on any atom is 0.356 e. The maximum absolute atomic E-state index is 11.8. The fraction of sp³-hybridized carbons (Fsp3) is 0.167. The molecule has 0 radical (unpaired) electrons. The van der Waals surface area contributed by atoms with Crippen molar-refractivity contribution >= 4 is 41.1 Å². The van der Waals surface area contributed by atoms with Gasteiger partial charge in [-0.2, -0.15) is 0 Å². The Labute approximate surface area is 118 Å². The predicted molar refractivity (Wildman–Crippen MR) is 75.9 cm³/mol. The Bertz CT molecular complexity index is 633. The molecule has 0 unspecified atom stereocenters. The van der Waals surface area contributed by atoms with Crippen LogP contribution in [0.25, 0.3) is 10.4 Å². The second-order valence-corrected chi connectivity index (χ2v) is 5.51. The van der Waals surface area contributed by atoms with Crippen molar-refractivity contribution in [3.63, 3.8) is 0 Å². The molecule has 1 N–H and O–H groups in total. The summed E-state index contributed by atoms with van der Waals surface area (Å²) in [5.41, 5.74) is 1.14. The number of carbonyl (C=O) groups excluding carboxylic acids is 1. The fourth-order valence-corrected chi connectivity index (χ4v) is 3.01. The summed E-state index contributed by atoms with van der Waals surface area (Å²) >= 11 is 12.5. The topological polar surface area (TPSA) is 42.1 Å². The van der Waals surface area contributed by atoms with E-state index in [1.165, 1.54) is 11.3 Å². The van der Waals surface area contributed by atoms with Crippen LogP contribution >= 0.6 is 35.2 Å². The molecule has 0 spiro atoms. The molecule has 0 bridgehead atoms. The van der Waals surface area contributed by atoms with Crippen molar-refractivity contribution < 1.29 is 9.53 Å². The number of aromatic amines is 1. The lowest BCUT2D eigenvalue weighted by molar-refractivity contribution is 0.0521. The Morgan fingerprint density at radius 1 is 1.50 bits per heavy atom. The smallest absolute Gasteiger partial charge is 0.356 e. The number of aromatic nitrogens is 1. The number of esters is 1. The van der Waals surface area contributed by atoms with Crippen molar-refractivity contribution in [2.45, 2.75) is 6.92 Å². The molecule has 0 saturated carbocycles. The monoisotopic (exact) mass is 299 g/mol. The Balaban J connectivity index is 2.55. The lowest BCUT2D eigenvalue weighted by Gasteiger charge is -2.04. The van der Waals surface area contributed by atoms with E-state index in [1.807, 2.05) is 18.2 Å². The van der Waals surface area contributed by atoms with Gasteiger partial charge in [0.05, 0.1) is 11.5 Å². The van der Waals surface area contributed by atoms with E-state index in [9.17, 15) is 4.79 Å². The number of hydrogen-bond donors (Lipinski definition) is 1. The van der Waals surface area contributed by atoms with Gasteiger partial charge in [0.1, 0.15) is 5.69 Å². The zero-order valence-electron chi connectivity index (χ0n) is 9.53. The second kappa shape index (κ2) is 5.65. The number of nitrogens with one attached hydrogen (secondary N) is 1. The van der Waals surface area contributed by atoms with Crippen LogP contribution in [-0.2, 0) is 4.74 Å². The second-order valence-electron chi connectivity index (χ2n) is 3.42. The third-order valence-electron chi connectivity index (χ3n) is 2.25. The average molecular weight is 300 g/mol. The highest BCUT2D eigenvalue weighted by molar-refractivity contribution is 7.73. The molecule has 2 rings (SSSR count). The van der Waals surface area contributed by atoms with E-state index >= 15 is 0 Å². The van der Waals surface area contributed by atoms with E-state index in [2.05, 4.69) is 4.98 Å². The third kappa shape index (κ3) is 2.63. The van der Waals surface area contributed by atoms with Crippen molar-refractivity contribution in [2.75, 3.05) is 6.61 Å². The van der Waals surface area contributed by atoms with Crippen LogP contribution < -0.4 is 0 Å². The van der Waals surface area contributed by atoms with Crippen molar-refractivity contribution in [2.24, 2.45) is 0 Å². The number of hydrogen-bond acceptors (Lipinski definition) is 4. The van der Waals surface area contributed by atoms with Gasteiger partial charge in [-0.1, -0.05) is 29.8 Å². The lowest BCUT2D eigenvalue weighted by Crippen LogP contribution is -2.06. The average Bonchev–Trinajstić information content (AvgIpc) is 2.72. The van der Waals surface area contributed by atoms with Gasteiger partial charge in [0.2, 0.25) is 0 Å². The minimum Gasteiger partial charge on any atom is -0.461 e. The van der Waals surface area contributed by atoms with E-state index < -0.39 is 5.97 Å². The molecule has 18 heavy (non-hydrogen) atoms. The van der Waals surface area contributed by atoms with Gasteiger partial charge in [-0.3, -0.25) is 0 Å². The molecule has 0 saturated heterocycles. The molecule has 0 atom stereocenters. The summed E-state index contributed by atoms with van der Waals surface area (Å²) in [5, 5.41) is 0.577. The molecule has 1 heterocycles. The first-order chi connectivity index (χ1) is 8.63. The number of thiazole rings is 1. The molecule has 0 aliphatic heterocycles. The van der Waals surface area contributed by atoms with Gasteiger partial charge in [0.25, 0.3) is 0 Å². The number of halogens is 1. The quantitative estimate of drug-likeness (QED) is 0.678. The van der Waals surface area contributed by atoms with Crippen molar-refractivity contribution in [3.05, 3.63) is 38.9 Å². The molecule has 1 aromatic heterocycles. The fourth-order valence-electron chi connectivity index (χ4n) is 1.51. The summed E-state index contributed by atoms with van der Waals surface area (Å²) in [4.78, 5) is 15.4. The molecule has 3 nitrogen and oxygen atoms in total. The Morgan fingerprint density at radius 2 is 2.22 bits per heavy atom. The number of H-pyrrole nitrogens is 1. The third-order valence-corrected chi connectivity index (χ3v) is 3.84. The van der Waals surface area contributed by atoms with Crippen LogP contribution in [0.4, 0.5) is 0 Å². The SMILES string of the molecule is CCOC(=O)c1[nH]c(=S)sc1-c1ccccc1Cl. The molecule has 1 aromatic carbocycles. The molecule has 2 aromatic rings. The first-order valence-corrected chi connectivity index (χ1v) is 6.89. The van der Waals surface area contributed by atoms with Crippen molar-refractivity contribution in [1.82, 2.24) is 4.98 Å². The minimum atomic E-state index is -0.417. The van der Waals surface area contributed by atoms with Crippen LogP contribution in [-0.4, -0.2) is 17.6 Å². The first-order valence-electron chi connectivity index (χ1n) is 5.28. The molecule has 0 fully saturated rings. The van der Waals surface area contributed by atoms with Crippen LogP contribution in [0.2, 0.25) is 5.02 Å². The summed E-state index contributed by atoms with van der Waals surface area (Å²) in [5.74, 6) is -0.417. The molecule has 94 valence electrons. The van der Waals surface area contributed by atoms with E-state index in [-0.39, 0.29) is 0 Å². The summed E-state index contributed by atoms with van der Waals surface area (Å²) < 4.78 is 5.51. The Morgan fingerprint density at radius 3 is 2.89 bits per heavy atom. The zero-order chi connectivity index (χ0) is 13.1. The number of ether oxygens (including phenoxy) is 1. The summed E-state index contributed by atoms with van der Waals surface area (Å²) in [6, 6.07) is 7.31. The molecule has 6 heteroatoms. The van der Waals surface area contributed by atoms with Gasteiger partial charge in [-0.05, 0) is 25.2 Å². The van der Waals surface area contributed by atoms with Crippen LogP contribution in [0, 0.1) is 3.95 Å². The van der Waals surface area contributed by atoms with Crippen LogP contribution in [0.5, 0.6) is 0 Å². The molecule has 0 aliphatic carbocycles.